The average Bonchev–Trinajstić information content (AvgIpc) is 2.73. The minimum absolute atomic E-state index is 0.0570. The molecule has 0 aromatic heterocycles. The summed E-state index contributed by atoms with van der Waals surface area (Å²) >= 11 is 0. The van der Waals surface area contributed by atoms with Crippen LogP contribution in [0, 0.1) is 0 Å². The number of hydrogen-bond acceptors (Lipinski definition) is 4. The van der Waals surface area contributed by atoms with E-state index >= 15 is 0 Å². The molecule has 126 valence electrons. The van der Waals surface area contributed by atoms with E-state index in [9.17, 15) is 18.0 Å². The Morgan fingerprint density at radius 1 is 1.17 bits per heavy atom. The van der Waals surface area contributed by atoms with Gasteiger partial charge in [-0.3, -0.25) is 4.79 Å². The van der Waals surface area contributed by atoms with E-state index in [0.29, 0.717) is 31.6 Å². The van der Waals surface area contributed by atoms with Crippen LogP contribution in [0.5, 0.6) is 0 Å². The number of nitrogens with zero attached hydrogens (tertiary/aromatic N) is 2. The fourth-order valence-corrected chi connectivity index (χ4v) is 4.13. The summed E-state index contributed by atoms with van der Waals surface area (Å²) in [5.74, 6) is -1.39. The van der Waals surface area contributed by atoms with Crippen LogP contribution in [0.3, 0.4) is 0 Å². The number of carboxylic acid groups (broad SMARTS) is 1. The van der Waals surface area contributed by atoms with Crippen molar-refractivity contribution in [1.29, 1.82) is 0 Å². The molecule has 23 heavy (non-hydrogen) atoms. The highest BCUT2D eigenvalue weighted by atomic mass is 32.2. The lowest BCUT2D eigenvalue weighted by atomic mass is 10.1. The third-order valence-electron chi connectivity index (χ3n) is 3.82. The number of sulfonamides is 1. The quantitative estimate of drug-likeness (QED) is 0.873. The molecule has 0 saturated carbocycles. The van der Waals surface area contributed by atoms with E-state index in [4.69, 9.17) is 5.11 Å². The average molecular weight is 340 g/mol. The molecule has 7 nitrogen and oxygen atoms in total. The third-order valence-corrected chi connectivity index (χ3v) is 5.67. The van der Waals surface area contributed by atoms with Crippen LogP contribution in [-0.4, -0.2) is 60.8 Å². The normalized spacial score (nSPS) is 16.8. The Hall–Kier alpha value is -1.93. The number of carbonyl (C=O) groups is 2. The highest BCUT2D eigenvalue weighted by Crippen LogP contribution is 2.15. The van der Waals surface area contributed by atoms with Crippen LogP contribution in [-0.2, 0) is 20.6 Å². The molecule has 0 aliphatic carbocycles. The van der Waals surface area contributed by atoms with Crippen molar-refractivity contribution in [3.63, 3.8) is 0 Å². The van der Waals surface area contributed by atoms with Crippen LogP contribution < -0.4 is 0 Å². The van der Waals surface area contributed by atoms with Crippen LogP contribution in [0.15, 0.2) is 24.3 Å². The lowest BCUT2D eigenvalue weighted by molar-refractivity contribution is -0.128. The van der Waals surface area contributed by atoms with Crippen LogP contribution in [0.25, 0.3) is 0 Å². The molecular formula is C15H20N2O5S. The zero-order chi connectivity index (χ0) is 17.0. The molecule has 0 atom stereocenters. The maximum Gasteiger partial charge on any atom is 0.335 e. The van der Waals surface area contributed by atoms with Crippen molar-refractivity contribution < 1.29 is 23.1 Å². The molecule has 1 N–H and O–H groups in total. The van der Waals surface area contributed by atoms with E-state index in [2.05, 4.69) is 0 Å². The van der Waals surface area contributed by atoms with Gasteiger partial charge >= 0.3 is 5.97 Å². The molecule has 1 aromatic rings. The lowest BCUT2D eigenvalue weighted by Crippen LogP contribution is -2.37. The molecular weight excluding hydrogens is 320 g/mol. The smallest absolute Gasteiger partial charge is 0.335 e. The molecule has 1 heterocycles. The fourth-order valence-electron chi connectivity index (χ4n) is 2.58. The van der Waals surface area contributed by atoms with Gasteiger partial charge in [-0.2, -0.15) is 4.31 Å². The molecule has 0 radical (unpaired) electrons. The second-order valence-corrected chi connectivity index (χ2v) is 7.49. The largest absolute Gasteiger partial charge is 0.478 e. The number of benzene rings is 1. The zero-order valence-electron chi connectivity index (χ0n) is 12.9. The van der Waals surface area contributed by atoms with E-state index in [1.54, 1.807) is 11.0 Å². The summed E-state index contributed by atoms with van der Waals surface area (Å²) in [6, 6.07) is 5.94. The summed E-state index contributed by atoms with van der Waals surface area (Å²) in [4.78, 5) is 24.0. The highest BCUT2D eigenvalue weighted by molar-refractivity contribution is 7.88. The Morgan fingerprint density at radius 2 is 1.91 bits per heavy atom. The number of carboxylic acids is 1. The molecule has 1 aromatic carbocycles. The van der Waals surface area contributed by atoms with Gasteiger partial charge in [0.05, 0.1) is 11.3 Å². The topological polar surface area (TPSA) is 95.0 Å². The maximum atomic E-state index is 12.5. The summed E-state index contributed by atoms with van der Waals surface area (Å²) in [5.41, 5.74) is 0.508. The van der Waals surface area contributed by atoms with Crippen LogP contribution in [0.4, 0.5) is 0 Å². The van der Waals surface area contributed by atoms with Crippen molar-refractivity contribution >= 4 is 21.9 Å². The maximum absolute atomic E-state index is 12.5. The number of carbonyl (C=O) groups excluding carboxylic acids is 1. The van der Waals surface area contributed by atoms with Gasteiger partial charge in [0, 0.05) is 33.1 Å². The highest BCUT2D eigenvalue weighted by Gasteiger charge is 2.26. The predicted molar refractivity (Wildman–Crippen MR) is 84.5 cm³/mol. The second kappa shape index (κ2) is 7.10. The van der Waals surface area contributed by atoms with Crippen molar-refractivity contribution in [2.24, 2.45) is 0 Å². The van der Waals surface area contributed by atoms with Crippen LogP contribution in [0.2, 0.25) is 0 Å². The molecule has 1 amide bonds. The molecule has 0 unspecified atom stereocenters. The molecule has 1 saturated heterocycles. The van der Waals surface area contributed by atoms with Crippen molar-refractivity contribution in [1.82, 2.24) is 9.21 Å². The van der Waals surface area contributed by atoms with Crippen molar-refractivity contribution in [3.05, 3.63) is 35.4 Å². The predicted octanol–water partition coefficient (Wildman–Crippen LogP) is 0.769. The molecule has 1 fully saturated rings. The third kappa shape index (κ3) is 4.52. The lowest BCUT2D eigenvalue weighted by Gasteiger charge is -2.21. The van der Waals surface area contributed by atoms with Crippen molar-refractivity contribution in [2.75, 3.05) is 26.2 Å². The zero-order valence-corrected chi connectivity index (χ0v) is 13.8. The fraction of sp³-hybridized carbons (Fsp3) is 0.467. The SMILES string of the molecule is CC(=O)N1CCCN(S(=O)(=O)Cc2cccc(C(=O)O)c2)CC1. The first-order chi connectivity index (χ1) is 10.8. The van der Waals surface area contributed by atoms with Gasteiger partial charge in [0.2, 0.25) is 15.9 Å². The van der Waals surface area contributed by atoms with Gasteiger partial charge in [-0.15, -0.1) is 0 Å². The molecule has 1 aliphatic rings. The first kappa shape index (κ1) is 17.4. The van der Waals surface area contributed by atoms with Crippen molar-refractivity contribution in [2.45, 2.75) is 19.1 Å². The van der Waals surface area contributed by atoms with Gasteiger partial charge in [-0.1, -0.05) is 12.1 Å². The van der Waals surface area contributed by atoms with Gasteiger partial charge in [0.15, 0.2) is 0 Å². The van der Waals surface area contributed by atoms with Crippen molar-refractivity contribution in [3.8, 4) is 0 Å². The number of hydrogen-bond donors (Lipinski definition) is 1. The number of amides is 1. The van der Waals surface area contributed by atoms with Gasteiger partial charge in [0.25, 0.3) is 0 Å². The van der Waals surface area contributed by atoms with E-state index in [-0.39, 0.29) is 23.8 Å². The second-order valence-electron chi connectivity index (χ2n) is 5.52. The van der Waals surface area contributed by atoms with Gasteiger partial charge in [0.1, 0.15) is 0 Å². The van der Waals surface area contributed by atoms with E-state index in [0.717, 1.165) is 0 Å². The Balaban J connectivity index is 2.11. The summed E-state index contributed by atoms with van der Waals surface area (Å²) in [5, 5.41) is 8.98. The first-order valence-electron chi connectivity index (χ1n) is 7.35. The molecule has 8 heteroatoms. The summed E-state index contributed by atoms with van der Waals surface area (Å²) in [7, 11) is -3.55. The Bertz CT molecular complexity index is 702. The van der Waals surface area contributed by atoms with Gasteiger partial charge in [-0.25, -0.2) is 13.2 Å². The van der Waals surface area contributed by atoms with Gasteiger partial charge in [-0.05, 0) is 24.1 Å². The van der Waals surface area contributed by atoms with Gasteiger partial charge < -0.3 is 10.0 Å². The molecule has 2 rings (SSSR count). The number of aromatic carboxylic acids is 1. The first-order valence-corrected chi connectivity index (χ1v) is 8.96. The Labute approximate surface area is 135 Å². The number of rotatable bonds is 4. The monoisotopic (exact) mass is 340 g/mol. The molecule has 0 bridgehead atoms. The molecule has 1 aliphatic heterocycles. The van der Waals surface area contributed by atoms with E-state index in [1.165, 1.54) is 29.4 Å². The van der Waals surface area contributed by atoms with E-state index < -0.39 is 16.0 Å². The minimum Gasteiger partial charge on any atom is -0.478 e. The molecule has 0 spiro atoms. The minimum atomic E-state index is -3.55. The van der Waals surface area contributed by atoms with Crippen LogP contribution >= 0.6 is 0 Å². The standard InChI is InChI=1S/C15H20N2O5S/c1-12(18)16-6-3-7-17(9-8-16)23(21,22)11-13-4-2-5-14(10-13)15(19)20/h2,4-5,10H,3,6-9,11H2,1H3,(H,19,20). The summed E-state index contributed by atoms with van der Waals surface area (Å²) < 4.78 is 26.5. The van der Waals surface area contributed by atoms with E-state index in [1.807, 2.05) is 0 Å². The summed E-state index contributed by atoms with van der Waals surface area (Å²) in [6.07, 6.45) is 0.591. The Morgan fingerprint density at radius 3 is 2.57 bits per heavy atom. The van der Waals surface area contributed by atoms with Crippen LogP contribution in [0.1, 0.15) is 29.3 Å². The Kier molecular flexibility index (Phi) is 5.38. The summed E-state index contributed by atoms with van der Waals surface area (Å²) in [6.45, 7) is 3.03.